The first-order valence-corrected chi connectivity index (χ1v) is 9.28. The standard InChI is InChI=1S/C20H24N6O/c1-25-12-10-21-19(25)14-26-11-2-3-16(13-26)20(27)23-17-6-4-15(5-7-17)18-8-9-22-24-18/h4-10,12,16H,2-3,11,13-14H2,1H3,(H,22,24)(H,23,27)/t16-/m1/s1. The topological polar surface area (TPSA) is 78.8 Å². The predicted octanol–water partition coefficient (Wildman–Crippen LogP) is 2.66. The van der Waals surface area contributed by atoms with Gasteiger partial charge in [0.05, 0.1) is 18.2 Å². The molecule has 3 heterocycles. The predicted molar refractivity (Wildman–Crippen MR) is 104 cm³/mol. The van der Waals surface area contributed by atoms with Gasteiger partial charge < -0.3 is 9.88 Å². The Hall–Kier alpha value is -2.93. The van der Waals surface area contributed by atoms with Gasteiger partial charge in [0, 0.05) is 37.9 Å². The van der Waals surface area contributed by atoms with Crippen LogP contribution in [-0.2, 0) is 18.4 Å². The number of amides is 1. The van der Waals surface area contributed by atoms with Crippen LogP contribution < -0.4 is 5.32 Å². The number of aromatic nitrogens is 4. The fraction of sp³-hybridized carbons (Fsp3) is 0.350. The van der Waals surface area contributed by atoms with Crippen molar-refractivity contribution in [3.63, 3.8) is 0 Å². The molecular formula is C20H24N6O. The molecule has 2 aromatic heterocycles. The summed E-state index contributed by atoms with van der Waals surface area (Å²) in [5.41, 5.74) is 2.83. The molecule has 7 nitrogen and oxygen atoms in total. The van der Waals surface area contributed by atoms with Crippen molar-refractivity contribution in [2.24, 2.45) is 13.0 Å². The highest BCUT2D eigenvalue weighted by Gasteiger charge is 2.26. The quantitative estimate of drug-likeness (QED) is 0.729. The summed E-state index contributed by atoms with van der Waals surface area (Å²) in [5, 5.41) is 9.97. The van der Waals surface area contributed by atoms with Crippen LogP contribution in [-0.4, -0.2) is 43.6 Å². The summed E-state index contributed by atoms with van der Waals surface area (Å²) in [6.07, 6.45) is 7.45. The number of likely N-dealkylation sites (tertiary alicyclic amines) is 1. The van der Waals surface area contributed by atoms with Gasteiger partial charge in [-0.25, -0.2) is 4.98 Å². The number of rotatable bonds is 5. The van der Waals surface area contributed by atoms with Gasteiger partial charge in [-0.2, -0.15) is 5.10 Å². The minimum atomic E-state index is 0.00584. The molecule has 3 aromatic rings. The van der Waals surface area contributed by atoms with Crippen molar-refractivity contribution in [3.05, 3.63) is 54.7 Å². The second-order valence-corrected chi connectivity index (χ2v) is 7.07. The minimum Gasteiger partial charge on any atom is -0.337 e. The Labute approximate surface area is 158 Å². The molecule has 0 saturated carbocycles. The second-order valence-electron chi connectivity index (χ2n) is 7.07. The minimum absolute atomic E-state index is 0.00584. The average molecular weight is 364 g/mol. The smallest absolute Gasteiger partial charge is 0.228 e. The average Bonchev–Trinajstić information content (AvgIpc) is 3.35. The molecule has 1 atom stereocenters. The number of piperidine rings is 1. The van der Waals surface area contributed by atoms with Gasteiger partial charge in [-0.05, 0) is 43.1 Å². The number of benzene rings is 1. The molecule has 1 aromatic carbocycles. The summed E-state index contributed by atoms with van der Waals surface area (Å²) in [6.45, 7) is 2.56. The fourth-order valence-electron chi connectivity index (χ4n) is 3.56. The normalized spacial score (nSPS) is 17.7. The summed E-state index contributed by atoms with van der Waals surface area (Å²) in [4.78, 5) is 19.4. The molecule has 1 aliphatic heterocycles. The Kier molecular flexibility index (Phi) is 5.02. The van der Waals surface area contributed by atoms with E-state index in [1.165, 1.54) is 0 Å². The third-order valence-corrected chi connectivity index (χ3v) is 5.13. The van der Waals surface area contributed by atoms with Crippen molar-refractivity contribution >= 4 is 11.6 Å². The number of hydrogen-bond acceptors (Lipinski definition) is 4. The van der Waals surface area contributed by atoms with Gasteiger partial charge in [-0.3, -0.25) is 14.8 Å². The molecule has 1 saturated heterocycles. The van der Waals surface area contributed by atoms with E-state index >= 15 is 0 Å². The van der Waals surface area contributed by atoms with Crippen LogP contribution in [0.3, 0.4) is 0 Å². The Morgan fingerprint density at radius 1 is 1.26 bits per heavy atom. The van der Waals surface area contributed by atoms with Crippen LogP contribution in [0.15, 0.2) is 48.9 Å². The van der Waals surface area contributed by atoms with Gasteiger partial charge in [0.25, 0.3) is 0 Å². The molecule has 1 aliphatic rings. The van der Waals surface area contributed by atoms with E-state index in [1.54, 1.807) is 6.20 Å². The first-order valence-electron chi connectivity index (χ1n) is 9.28. The number of anilines is 1. The van der Waals surface area contributed by atoms with E-state index in [9.17, 15) is 4.79 Å². The van der Waals surface area contributed by atoms with Crippen molar-refractivity contribution in [2.45, 2.75) is 19.4 Å². The van der Waals surface area contributed by atoms with Crippen LogP contribution in [0.5, 0.6) is 0 Å². The summed E-state index contributed by atoms with van der Waals surface area (Å²) in [6, 6.07) is 9.76. The highest BCUT2D eigenvalue weighted by atomic mass is 16.1. The first kappa shape index (κ1) is 17.5. The van der Waals surface area contributed by atoms with Crippen molar-refractivity contribution in [3.8, 4) is 11.3 Å². The molecule has 27 heavy (non-hydrogen) atoms. The largest absolute Gasteiger partial charge is 0.337 e. The Morgan fingerprint density at radius 2 is 2.11 bits per heavy atom. The number of nitrogens with one attached hydrogen (secondary N) is 2. The van der Waals surface area contributed by atoms with E-state index in [2.05, 4.69) is 25.4 Å². The third kappa shape index (κ3) is 4.09. The molecule has 0 unspecified atom stereocenters. The highest BCUT2D eigenvalue weighted by Crippen LogP contribution is 2.22. The molecule has 2 N–H and O–H groups in total. The van der Waals surface area contributed by atoms with Crippen molar-refractivity contribution in [1.82, 2.24) is 24.6 Å². The van der Waals surface area contributed by atoms with E-state index < -0.39 is 0 Å². The lowest BCUT2D eigenvalue weighted by molar-refractivity contribution is -0.121. The number of H-pyrrole nitrogens is 1. The van der Waals surface area contributed by atoms with Crippen LogP contribution in [0.2, 0.25) is 0 Å². The number of aromatic amines is 1. The van der Waals surface area contributed by atoms with Crippen LogP contribution in [0.25, 0.3) is 11.3 Å². The van der Waals surface area contributed by atoms with Gasteiger partial charge in [0.2, 0.25) is 5.91 Å². The summed E-state index contributed by atoms with van der Waals surface area (Å²) >= 11 is 0. The van der Waals surface area contributed by atoms with Gasteiger partial charge in [0.15, 0.2) is 0 Å². The fourth-order valence-corrected chi connectivity index (χ4v) is 3.56. The summed E-state index contributed by atoms with van der Waals surface area (Å²) < 4.78 is 2.03. The zero-order chi connectivity index (χ0) is 18.6. The van der Waals surface area contributed by atoms with Crippen molar-refractivity contribution < 1.29 is 4.79 Å². The van der Waals surface area contributed by atoms with Gasteiger partial charge in [-0.15, -0.1) is 0 Å². The SMILES string of the molecule is Cn1ccnc1CN1CCC[C@@H](C(=O)Nc2ccc(-c3ccn[nH]3)cc2)C1. The van der Waals surface area contributed by atoms with E-state index in [1.807, 2.05) is 54.3 Å². The zero-order valence-corrected chi connectivity index (χ0v) is 15.4. The number of hydrogen-bond donors (Lipinski definition) is 2. The lowest BCUT2D eigenvalue weighted by atomic mass is 9.97. The van der Waals surface area contributed by atoms with E-state index in [-0.39, 0.29) is 11.8 Å². The van der Waals surface area contributed by atoms with E-state index in [0.717, 1.165) is 55.2 Å². The molecular weight excluding hydrogens is 340 g/mol. The summed E-state index contributed by atoms with van der Waals surface area (Å²) in [7, 11) is 2.00. The van der Waals surface area contributed by atoms with Crippen LogP contribution >= 0.6 is 0 Å². The van der Waals surface area contributed by atoms with Gasteiger partial charge in [0.1, 0.15) is 5.82 Å². The number of carbonyl (C=O) groups is 1. The molecule has 7 heteroatoms. The van der Waals surface area contributed by atoms with Crippen LogP contribution in [0, 0.1) is 5.92 Å². The molecule has 1 fully saturated rings. The highest BCUT2D eigenvalue weighted by molar-refractivity contribution is 5.93. The second kappa shape index (κ2) is 7.75. The maximum atomic E-state index is 12.7. The maximum absolute atomic E-state index is 12.7. The molecule has 140 valence electrons. The Balaban J connectivity index is 1.35. The Bertz CT molecular complexity index is 884. The lowest BCUT2D eigenvalue weighted by Gasteiger charge is -2.31. The third-order valence-electron chi connectivity index (χ3n) is 5.13. The van der Waals surface area contributed by atoms with E-state index in [0.29, 0.717) is 0 Å². The van der Waals surface area contributed by atoms with Crippen LogP contribution in [0.1, 0.15) is 18.7 Å². The number of carbonyl (C=O) groups excluding carboxylic acids is 1. The van der Waals surface area contributed by atoms with Crippen molar-refractivity contribution in [1.29, 1.82) is 0 Å². The van der Waals surface area contributed by atoms with Crippen LogP contribution in [0.4, 0.5) is 5.69 Å². The monoisotopic (exact) mass is 364 g/mol. The molecule has 0 aliphatic carbocycles. The lowest BCUT2D eigenvalue weighted by Crippen LogP contribution is -2.40. The molecule has 0 bridgehead atoms. The number of imidazole rings is 1. The molecule has 1 amide bonds. The van der Waals surface area contributed by atoms with Gasteiger partial charge in [-0.1, -0.05) is 12.1 Å². The Morgan fingerprint density at radius 3 is 2.81 bits per heavy atom. The maximum Gasteiger partial charge on any atom is 0.228 e. The van der Waals surface area contributed by atoms with Crippen molar-refractivity contribution in [2.75, 3.05) is 18.4 Å². The molecule has 0 radical (unpaired) electrons. The van der Waals surface area contributed by atoms with E-state index in [4.69, 9.17) is 0 Å². The van der Waals surface area contributed by atoms with Gasteiger partial charge >= 0.3 is 0 Å². The summed E-state index contributed by atoms with van der Waals surface area (Å²) in [5.74, 6) is 1.13. The number of nitrogens with zero attached hydrogens (tertiary/aromatic N) is 4. The number of aryl methyl sites for hydroxylation is 1. The first-order chi connectivity index (χ1) is 13.2. The molecule has 4 rings (SSSR count). The molecule has 0 spiro atoms. The zero-order valence-electron chi connectivity index (χ0n) is 15.4.